The van der Waals surface area contributed by atoms with Crippen LogP contribution in [0.3, 0.4) is 0 Å². The van der Waals surface area contributed by atoms with Gasteiger partial charge in [0.2, 0.25) is 5.82 Å². The molecule has 6 nitrogen and oxygen atoms in total. The molecule has 0 aliphatic carbocycles. The number of aryl methyl sites for hydroxylation is 1. The van der Waals surface area contributed by atoms with E-state index in [4.69, 9.17) is 14.7 Å². The maximum Gasteiger partial charge on any atom is 0.258 e. The number of hydrogen-bond acceptors (Lipinski definition) is 6. The summed E-state index contributed by atoms with van der Waals surface area (Å²) in [7, 11) is 0. The highest BCUT2D eigenvalue weighted by molar-refractivity contribution is 5.60. The number of hydrogen-bond donors (Lipinski definition) is 1. The number of anilines is 1. The van der Waals surface area contributed by atoms with Crippen LogP contribution in [0.2, 0.25) is 0 Å². The Morgan fingerprint density at radius 1 is 1.28 bits per heavy atom. The van der Waals surface area contributed by atoms with Gasteiger partial charge < -0.3 is 14.7 Å². The van der Waals surface area contributed by atoms with Crippen LogP contribution < -0.4 is 5.73 Å². The highest BCUT2D eigenvalue weighted by Crippen LogP contribution is 2.25. The molecule has 0 fully saturated rings. The van der Waals surface area contributed by atoms with Crippen molar-refractivity contribution in [2.45, 2.75) is 6.92 Å². The minimum Gasteiger partial charge on any atom is -0.461 e. The molecular weight excluding hydrogens is 232 g/mol. The third-order valence-electron chi connectivity index (χ3n) is 2.52. The van der Waals surface area contributed by atoms with E-state index >= 15 is 0 Å². The number of pyridine rings is 1. The summed E-state index contributed by atoms with van der Waals surface area (Å²) in [5.41, 5.74) is 7.28. The van der Waals surface area contributed by atoms with E-state index in [9.17, 15) is 0 Å². The van der Waals surface area contributed by atoms with Crippen LogP contribution in [0, 0.1) is 6.92 Å². The number of aromatic nitrogens is 3. The smallest absolute Gasteiger partial charge is 0.258 e. The van der Waals surface area contributed by atoms with Crippen LogP contribution in [0.4, 0.5) is 5.82 Å². The van der Waals surface area contributed by atoms with Crippen LogP contribution >= 0.6 is 0 Å². The van der Waals surface area contributed by atoms with E-state index in [1.54, 1.807) is 24.6 Å². The van der Waals surface area contributed by atoms with Crippen molar-refractivity contribution in [1.29, 1.82) is 0 Å². The Labute approximate surface area is 102 Å². The van der Waals surface area contributed by atoms with E-state index in [0.717, 1.165) is 11.1 Å². The molecule has 0 radical (unpaired) electrons. The molecule has 0 saturated heterocycles. The van der Waals surface area contributed by atoms with Crippen molar-refractivity contribution in [1.82, 2.24) is 15.1 Å². The molecule has 0 aliphatic rings. The van der Waals surface area contributed by atoms with Crippen LogP contribution in [0.15, 0.2) is 39.6 Å². The molecule has 3 heterocycles. The average molecular weight is 242 g/mol. The Morgan fingerprint density at radius 2 is 2.17 bits per heavy atom. The third-order valence-corrected chi connectivity index (χ3v) is 2.52. The first-order chi connectivity index (χ1) is 8.74. The van der Waals surface area contributed by atoms with Crippen molar-refractivity contribution >= 4 is 5.82 Å². The molecule has 2 N–H and O–H groups in total. The standard InChI is InChI=1S/C12H10N4O2/c1-7-3-5-17-10(7)11-15-12(18-16-11)8-2-4-14-9(13)6-8/h2-6H,1H3,(H2,13,14). The van der Waals surface area contributed by atoms with E-state index in [0.29, 0.717) is 23.3 Å². The first-order valence-corrected chi connectivity index (χ1v) is 5.34. The van der Waals surface area contributed by atoms with Crippen molar-refractivity contribution in [2.75, 3.05) is 5.73 Å². The second kappa shape index (κ2) is 3.99. The minimum absolute atomic E-state index is 0.384. The van der Waals surface area contributed by atoms with Gasteiger partial charge in [-0.2, -0.15) is 4.98 Å². The van der Waals surface area contributed by atoms with Crippen molar-refractivity contribution in [2.24, 2.45) is 0 Å². The molecule has 0 saturated carbocycles. The lowest BCUT2D eigenvalue weighted by molar-refractivity contribution is 0.429. The molecule has 3 aromatic heterocycles. The molecule has 3 rings (SSSR count). The van der Waals surface area contributed by atoms with E-state index in [1.807, 2.05) is 13.0 Å². The van der Waals surface area contributed by atoms with Gasteiger partial charge >= 0.3 is 0 Å². The molecule has 0 unspecified atom stereocenters. The lowest BCUT2D eigenvalue weighted by Gasteiger charge is -1.94. The third kappa shape index (κ3) is 1.73. The van der Waals surface area contributed by atoms with Crippen molar-refractivity contribution in [3.05, 3.63) is 36.2 Å². The van der Waals surface area contributed by atoms with Gasteiger partial charge in [-0.25, -0.2) is 4.98 Å². The van der Waals surface area contributed by atoms with Crippen LogP contribution in [0.1, 0.15) is 5.56 Å². The fourth-order valence-electron chi connectivity index (χ4n) is 1.62. The molecule has 3 aromatic rings. The topological polar surface area (TPSA) is 91.0 Å². The molecule has 0 amide bonds. The molecular formula is C12H10N4O2. The van der Waals surface area contributed by atoms with Gasteiger partial charge in [0.25, 0.3) is 5.89 Å². The molecule has 0 bridgehead atoms. The first kappa shape index (κ1) is 10.5. The van der Waals surface area contributed by atoms with E-state index in [1.165, 1.54) is 0 Å². The Bertz CT molecular complexity index is 687. The summed E-state index contributed by atoms with van der Waals surface area (Å²) in [5.74, 6) is 1.81. The molecule has 6 heteroatoms. The number of furan rings is 1. The van der Waals surface area contributed by atoms with Crippen LogP contribution in [-0.2, 0) is 0 Å². The van der Waals surface area contributed by atoms with Gasteiger partial charge in [-0.15, -0.1) is 0 Å². The zero-order chi connectivity index (χ0) is 12.5. The molecule has 18 heavy (non-hydrogen) atoms. The second-order valence-corrected chi connectivity index (χ2v) is 3.83. The number of nitrogens with two attached hydrogens (primary N) is 1. The highest BCUT2D eigenvalue weighted by Gasteiger charge is 2.14. The number of rotatable bonds is 2. The Balaban J connectivity index is 2.02. The number of nitrogens with zero attached hydrogens (tertiary/aromatic N) is 3. The summed E-state index contributed by atoms with van der Waals surface area (Å²) in [6.07, 6.45) is 3.18. The fourth-order valence-corrected chi connectivity index (χ4v) is 1.62. The van der Waals surface area contributed by atoms with Gasteiger partial charge in [0.15, 0.2) is 5.76 Å². The minimum atomic E-state index is 0.384. The summed E-state index contributed by atoms with van der Waals surface area (Å²) in [6.45, 7) is 1.92. The fraction of sp³-hybridized carbons (Fsp3) is 0.0833. The van der Waals surface area contributed by atoms with Gasteiger partial charge in [-0.05, 0) is 30.7 Å². The highest BCUT2D eigenvalue weighted by atomic mass is 16.5. The van der Waals surface area contributed by atoms with E-state index < -0.39 is 0 Å². The summed E-state index contributed by atoms with van der Waals surface area (Å²) in [5, 5.41) is 3.88. The van der Waals surface area contributed by atoms with E-state index in [-0.39, 0.29) is 0 Å². The Morgan fingerprint density at radius 3 is 2.89 bits per heavy atom. The number of nitrogen functional groups attached to an aromatic ring is 1. The molecule has 90 valence electrons. The summed E-state index contributed by atoms with van der Waals surface area (Å²) in [6, 6.07) is 5.27. The quantitative estimate of drug-likeness (QED) is 0.741. The summed E-state index contributed by atoms with van der Waals surface area (Å²) >= 11 is 0. The van der Waals surface area contributed by atoms with Crippen LogP contribution in [0.5, 0.6) is 0 Å². The monoisotopic (exact) mass is 242 g/mol. The lowest BCUT2D eigenvalue weighted by atomic mass is 10.2. The lowest BCUT2D eigenvalue weighted by Crippen LogP contribution is -1.89. The van der Waals surface area contributed by atoms with Crippen LogP contribution in [-0.4, -0.2) is 15.1 Å². The zero-order valence-electron chi connectivity index (χ0n) is 9.62. The van der Waals surface area contributed by atoms with E-state index in [2.05, 4.69) is 15.1 Å². The van der Waals surface area contributed by atoms with Gasteiger partial charge in [0, 0.05) is 11.8 Å². The first-order valence-electron chi connectivity index (χ1n) is 5.34. The molecule has 0 atom stereocenters. The van der Waals surface area contributed by atoms with Crippen molar-refractivity contribution in [3.8, 4) is 23.0 Å². The second-order valence-electron chi connectivity index (χ2n) is 3.83. The largest absolute Gasteiger partial charge is 0.461 e. The van der Waals surface area contributed by atoms with Gasteiger partial charge in [0.05, 0.1) is 6.26 Å². The summed E-state index contributed by atoms with van der Waals surface area (Å²) < 4.78 is 10.5. The molecule has 0 aliphatic heterocycles. The zero-order valence-corrected chi connectivity index (χ0v) is 9.62. The van der Waals surface area contributed by atoms with Crippen molar-refractivity contribution < 1.29 is 8.94 Å². The predicted molar refractivity (Wildman–Crippen MR) is 64.4 cm³/mol. The van der Waals surface area contributed by atoms with Gasteiger partial charge in [0.1, 0.15) is 5.82 Å². The van der Waals surface area contributed by atoms with Crippen molar-refractivity contribution in [3.63, 3.8) is 0 Å². The summed E-state index contributed by atoms with van der Waals surface area (Å²) in [4.78, 5) is 8.18. The SMILES string of the molecule is Cc1ccoc1-c1noc(-c2ccnc(N)c2)n1. The predicted octanol–water partition coefficient (Wildman–Crippen LogP) is 2.28. The average Bonchev–Trinajstić information content (AvgIpc) is 2.97. The maximum atomic E-state index is 5.60. The Kier molecular flexibility index (Phi) is 2.33. The molecule has 0 spiro atoms. The van der Waals surface area contributed by atoms with Gasteiger partial charge in [-0.1, -0.05) is 5.16 Å². The molecule has 0 aromatic carbocycles. The van der Waals surface area contributed by atoms with Crippen LogP contribution in [0.25, 0.3) is 23.0 Å². The Hall–Kier alpha value is -2.63. The van der Waals surface area contributed by atoms with Gasteiger partial charge in [-0.3, -0.25) is 0 Å². The normalized spacial score (nSPS) is 10.7. The maximum absolute atomic E-state index is 5.60.